The Morgan fingerprint density at radius 3 is 2.64 bits per heavy atom. The van der Waals surface area contributed by atoms with E-state index in [1.165, 1.54) is 24.3 Å². The van der Waals surface area contributed by atoms with Crippen molar-refractivity contribution in [2.24, 2.45) is 0 Å². The number of ether oxygens (including phenoxy) is 2. The van der Waals surface area contributed by atoms with Crippen LogP contribution in [0.3, 0.4) is 0 Å². The van der Waals surface area contributed by atoms with E-state index in [0.29, 0.717) is 22.8 Å². The quantitative estimate of drug-likeness (QED) is 0.788. The van der Waals surface area contributed by atoms with Crippen LogP contribution in [0.4, 0.5) is 10.2 Å². The van der Waals surface area contributed by atoms with Gasteiger partial charge in [0, 0.05) is 5.56 Å². The fourth-order valence-electron chi connectivity index (χ4n) is 2.41. The summed E-state index contributed by atoms with van der Waals surface area (Å²) in [7, 11) is 0. The smallest absolute Gasteiger partial charge is 0.270 e. The van der Waals surface area contributed by atoms with Crippen molar-refractivity contribution < 1.29 is 23.3 Å². The molecule has 0 aliphatic carbocycles. The third-order valence-corrected chi connectivity index (χ3v) is 3.65. The topological polar surface area (TPSA) is 86.5 Å². The van der Waals surface area contributed by atoms with Gasteiger partial charge < -0.3 is 14.8 Å². The molecule has 0 fully saturated rings. The first-order chi connectivity index (χ1) is 12.2. The highest BCUT2D eigenvalue weighted by Gasteiger charge is 2.29. The number of carbonyl (C=O) groups excluding carboxylic acids is 1. The van der Waals surface area contributed by atoms with Crippen LogP contribution in [-0.4, -0.2) is 28.9 Å². The molecule has 2 heterocycles. The molecule has 4 rings (SSSR count). The second-order valence-electron chi connectivity index (χ2n) is 5.32. The predicted octanol–water partition coefficient (Wildman–Crippen LogP) is 2.65. The van der Waals surface area contributed by atoms with E-state index in [-0.39, 0.29) is 18.2 Å². The zero-order chi connectivity index (χ0) is 17.2. The van der Waals surface area contributed by atoms with Crippen LogP contribution in [-0.2, 0) is 4.79 Å². The number of hydrogen-bond donors (Lipinski definition) is 1. The lowest BCUT2D eigenvalue weighted by Crippen LogP contribution is -2.40. The van der Waals surface area contributed by atoms with Crippen LogP contribution >= 0.6 is 0 Å². The van der Waals surface area contributed by atoms with Crippen LogP contribution in [0, 0.1) is 5.82 Å². The highest BCUT2D eigenvalue weighted by atomic mass is 19.1. The lowest BCUT2D eigenvalue weighted by atomic mass is 10.1. The van der Waals surface area contributed by atoms with Gasteiger partial charge in [-0.05, 0) is 46.7 Å². The van der Waals surface area contributed by atoms with Gasteiger partial charge in [0.15, 0.2) is 17.2 Å². The highest BCUT2D eigenvalue weighted by Crippen LogP contribution is 2.31. The summed E-state index contributed by atoms with van der Waals surface area (Å²) in [6.07, 6.45) is -0.840. The molecule has 1 amide bonds. The van der Waals surface area contributed by atoms with E-state index in [9.17, 15) is 9.18 Å². The Morgan fingerprint density at radius 2 is 1.84 bits per heavy atom. The largest absolute Gasteiger partial charge is 0.485 e. The number of carbonyl (C=O) groups is 1. The standard InChI is InChI=1S/C17H12FN3O4/c18-11-7-5-10(6-8-11)15-16(21-25-20-15)19-17(22)14-9-23-12-3-1-2-4-13(12)24-14/h1-8,14H,9H2,(H,19,21,22)/t14-/m1/s1. The number of rotatable bonds is 3. The Kier molecular flexibility index (Phi) is 3.77. The summed E-state index contributed by atoms with van der Waals surface area (Å²) in [4.78, 5) is 12.4. The number of halogens is 1. The first-order valence-corrected chi connectivity index (χ1v) is 7.48. The minimum absolute atomic E-state index is 0.0695. The number of aromatic nitrogens is 2. The van der Waals surface area contributed by atoms with Gasteiger partial charge in [-0.2, -0.15) is 0 Å². The van der Waals surface area contributed by atoms with Gasteiger partial charge in [-0.3, -0.25) is 4.79 Å². The van der Waals surface area contributed by atoms with Crippen LogP contribution in [0.2, 0.25) is 0 Å². The van der Waals surface area contributed by atoms with Gasteiger partial charge in [0.1, 0.15) is 12.4 Å². The van der Waals surface area contributed by atoms with Crippen molar-refractivity contribution in [1.29, 1.82) is 0 Å². The average molecular weight is 341 g/mol. The molecular formula is C17H12FN3O4. The fraction of sp³-hybridized carbons (Fsp3) is 0.118. The van der Waals surface area contributed by atoms with E-state index in [0.717, 1.165) is 0 Å². The van der Waals surface area contributed by atoms with Crippen molar-refractivity contribution in [3.8, 4) is 22.8 Å². The second-order valence-corrected chi connectivity index (χ2v) is 5.32. The van der Waals surface area contributed by atoms with Crippen molar-refractivity contribution in [2.75, 3.05) is 11.9 Å². The number of benzene rings is 2. The second kappa shape index (κ2) is 6.23. The summed E-state index contributed by atoms with van der Waals surface area (Å²) in [5.74, 6) is 0.373. The van der Waals surface area contributed by atoms with Gasteiger partial charge in [0.05, 0.1) is 0 Å². The van der Waals surface area contributed by atoms with Crippen molar-refractivity contribution in [3.05, 3.63) is 54.3 Å². The number of amides is 1. The van der Waals surface area contributed by atoms with E-state index in [4.69, 9.17) is 14.1 Å². The summed E-state index contributed by atoms with van der Waals surface area (Å²) < 4.78 is 28.9. The molecule has 1 atom stereocenters. The zero-order valence-electron chi connectivity index (χ0n) is 12.8. The minimum Gasteiger partial charge on any atom is -0.485 e. The predicted molar refractivity (Wildman–Crippen MR) is 84.7 cm³/mol. The van der Waals surface area contributed by atoms with E-state index in [1.54, 1.807) is 18.2 Å². The Labute approximate surface area is 141 Å². The van der Waals surface area contributed by atoms with Crippen molar-refractivity contribution >= 4 is 11.7 Å². The maximum Gasteiger partial charge on any atom is 0.270 e. The maximum atomic E-state index is 13.0. The van der Waals surface area contributed by atoms with Crippen LogP contribution in [0.15, 0.2) is 53.2 Å². The number of hydrogen-bond acceptors (Lipinski definition) is 6. The summed E-state index contributed by atoms with van der Waals surface area (Å²) in [6, 6.07) is 12.7. The maximum absolute atomic E-state index is 13.0. The summed E-state index contributed by atoms with van der Waals surface area (Å²) in [5.41, 5.74) is 0.856. The Hall–Kier alpha value is -3.42. The monoisotopic (exact) mass is 341 g/mol. The molecule has 2 aromatic carbocycles. The Morgan fingerprint density at radius 1 is 1.08 bits per heavy atom. The van der Waals surface area contributed by atoms with Crippen LogP contribution < -0.4 is 14.8 Å². The first kappa shape index (κ1) is 15.1. The van der Waals surface area contributed by atoms with E-state index in [1.807, 2.05) is 6.07 Å². The molecule has 126 valence electrons. The average Bonchev–Trinajstić information content (AvgIpc) is 3.10. The summed E-state index contributed by atoms with van der Waals surface area (Å²) in [6.45, 7) is 0.0695. The molecule has 0 saturated heterocycles. The Bertz CT molecular complexity index is 910. The number of fused-ring (bicyclic) bond motifs is 1. The highest BCUT2D eigenvalue weighted by molar-refractivity contribution is 5.96. The molecule has 0 bridgehead atoms. The van der Waals surface area contributed by atoms with Gasteiger partial charge in [-0.25, -0.2) is 9.02 Å². The number of nitrogens with zero attached hydrogens (tertiary/aromatic N) is 2. The van der Waals surface area contributed by atoms with Crippen molar-refractivity contribution in [1.82, 2.24) is 10.3 Å². The number of para-hydroxylation sites is 2. The molecule has 7 nitrogen and oxygen atoms in total. The molecular weight excluding hydrogens is 329 g/mol. The minimum atomic E-state index is -0.840. The van der Waals surface area contributed by atoms with Gasteiger partial charge in [0.2, 0.25) is 11.9 Å². The molecule has 3 aromatic rings. The molecule has 0 saturated carbocycles. The molecule has 0 spiro atoms. The van der Waals surface area contributed by atoms with Crippen LogP contribution in [0.1, 0.15) is 0 Å². The molecule has 0 radical (unpaired) electrons. The van der Waals surface area contributed by atoms with Crippen LogP contribution in [0.5, 0.6) is 11.5 Å². The molecule has 25 heavy (non-hydrogen) atoms. The lowest BCUT2D eigenvalue weighted by Gasteiger charge is -2.25. The molecule has 1 aliphatic heterocycles. The van der Waals surface area contributed by atoms with Crippen LogP contribution in [0.25, 0.3) is 11.3 Å². The van der Waals surface area contributed by atoms with E-state index < -0.39 is 12.0 Å². The lowest BCUT2D eigenvalue weighted by molar-refractivity contribution is -0.125. The Balaban J connectivity index is 1.51. The molecule has 1 N–H and O–H groups in total. The summed E-state index contributed by atoms with van der Waals surface area (Å²) in [5, 5.41) is 10.0. The molecule has 8 heteroatoms. The third-order valence-electron chi connectivity index (χ3n) is 3.65. The normalized spacial score (nSPS) is 15.6. The fourth-order valence-corrected chi connectivity index (χ4v) is 2.41. The van der Waals surface area contributed by atoms with Gasteiger partial charge >= 0.3 is 0 Å². The van der Waals surface area contributed by atoms with Gasteiger partial charge in [0.25, 0.3) is 5.91 Å². The summed E-state index contributed by atoms with van der Waals surface area (Å²) >= 11 is 0. The number of anilines is 1. The molecule has 1 aliphatic rings. The van der Waals surface area contributed by atoms with Gasteiger partial charge in [-0.15, -0.1) is 0 Å². The molecule has 0 unspecified atom stereocenters. The van der Waals surface area contributed by atoms with Gasteiger partial charge in [-0.1, -0.05) is 12.1 Å². The number of nitrogens with one attached hydrogen (secondary N) is 1. The zero-order valence-corrected chi connectivity index (χ0v) is 12.8. The molecule has 1 aromatic heterocycles. The van der Waals surface area contributed by atoms with Crippen molar-refractivity contribution in [2.45, 2.75) is 6.10 Å². The first-order valence-electron chi connectivity index (χ1n) is 7.48. The van der Waals surface area contributed by atoms with Crippen molar-refractivity contribution in [3.63, 3.8) is 0 Å². The SMILES string of the molecule is O=C(Nc1nonc1-c1ccc(F)cc1)[C@H]1COc2ccccc2O1. The third kappa shape index (κ3) is 3.01. The van der Waals surface area contributed by atoms with E-state index in [2.05, 4.69) is 15.6 Å². The van der Waals surface area contributed by atoms with E-state index >= 15 is 0 Å².